The van der Waals surface area contributed by atoms with Crippen molar-refractivity contribution >= 4 is 22.6 Å². The molecule has 9 atom stereocenters. The molecule has 0 aromatic rings. The van der Waals surface area contributed by atoms with Crippen LogP contribution in [-0.4, -0.2) is 16.1 Å². The molecular weight excluding hydrogens is 347 g/mol. The third kappa shape index (κ3) is 2.39. The van der Waals surface area contributed by atoms with Crippen molar-refractivity contribution in [3.05, 3.63) is 0 Å². The van der Waals surface area contributed by atoms with Gasteiger partial charge in [0.25, 0.3) is 0 Å². The van der Waals surface area contributed by atoms with Crippen molar-refractivity contribution in [2.24, 2.45) is 35.5 Å². The highest BCUT2D eigenvalue weighted by molar-refractivity contribution is 14.1. The van der Waals surface area contributed by atoms with Gasteiger partial charge in [-0.3, -0.25) is 0 Å². The molecule has 0 aromatic heterocycles. The Morgan fingerprint density at radius 2 is 1.79 bits per heavy atom. The van der Waals surface area contributed by atoms with E-state index in [0.717, 1.165) is 39.4 Å². The van der Waals surface area contributed by atoms with Crippen LogP contribution in [0, 0.1) is 35.5 Å². The van der Waals surface area contributed by atoms with Crippen molar-refractivity contribution in [1.82, 2.24) is 0 Å². The van der Waals surface area contributed by atoms with Gasteiger partial charge in [0.2, 0.25) is 0 Å². The van der Waals surface area contributed by atoms with Gasteiger partial charge in [-0.1, -0.05) is 49.8 Å². The Morgan fingerprint density at radius 3 is 2.47 bits per heavy atom. The molecule has 2 aliphatic carbocycles. The van der Waals surface area contributed by atoms with Crippen molar-refractivity contribution in [2.45, 2.75) is 69.5 Å². The van der Waals surface area contributed by atoms with Gasteiger partial charge < -0.3 is 4.74 Å². The molecule has 3 fully saturated rings. The van der Waals surface area contributed by atoms with Crippen LogP contribution in [0.3, 0.4) is 0 Å². The van der Waals surface area contributed by atoms with Crippen LogP contribution in [0.2, 0.25) is 0 Å². The highest BCUT2D eigenvalue weighted by atomic mass is 127. The number of fused-ring (bicyclic) bond motifs is 4. The number of hydrogen-bond acceptors (Lipinski definition) is 1. The first-order chi connectivity index (χ1) is 9.02. The summed E-state index contributed by atoms with van der Waals surface area (Å²) in [5.74, 6) is 5.38. The number of halogens is 1. The molecule has 0 spiro atoms. The summed E-state index contributed by atoms with van der Waals surface area (Å²) in [5, 5.41) is 0. The van der Waals surface area contributed by atoms with E-state index in [1.807, 2.05) is 0 Å². The molecule has 9 unspecified atom stereocenters. The molecule has 0 aromatic carbocycles. The largest absolute Gasteiger partial charge is 0.374 e. The van der Waals surface area contributed by atoms with E-state index in [-0.39, 0.29) is 0 Å². The molecule has 1 heterocycles. The zero-order chi connectivity index (χ0) is 13.7. The van der Waals surface area contributed by atoms with Crippen LogP contribution in [0.25, 0.3) is 0 Å². The Balaban J connectivity index is 1.79. The van der Waals surface area contributed by atoms with Gasteiger partial charge >= 0.3 is 0 Å². The Bertz CT molecular complexity index is 331. The molecule has 0 N–H and O–H groups in total. The summed E-state index contributed by atoms with van der Waals surface area (Å²) in [6, 6.07) is 0. The normalized spacial score (nSPS) is 54.8. The first-order valence-electron chi connectivity index (χ1n) is 8.32. The van der Waals surface area contributed by atoms with Gasteiger partial charge in [0.1, 0.15) is 0 Å². The molecule has 1 aliphatic heterocycles. The fraction of sp³-hybridized carbons (Fsp3) is 1.00. The lowest BCUT2D eigenvalue weighted by Crippen LogP contribution is -2.51. The molecule has 3 aliphatic rings. The van der Waals surface area contributed by atoms with Crippen molar-refractivity contribution in [3.63, 3.8) is 0 Å². The van der Waals surface area contributed by atoms with Gasteiger partial charge in [-0.25, -0.2) is 0 Å². The molecule has 0 bridgehead atoms. The monoisotopic (exact) mass is 376 g/mol. The average Bonchev–Trinajstić information content (AvgIpc) is 2.59. The minimum atomic E-state index is 0.517. The Morgan fingerprint density at radius 1 is 1.11 bits per heavy atom. The van der Waals surface area contributed by atoms with E-state index in [1.165, 1.54) is 25.7 Å². The first kappa shape index (κ1) is 14.6. The van der Waals surface area contributed by atoms with Gasteiger partial charge in [-0.05, 0) is 61.7 Å². The van der Waals surface area contributed by atoms with Crippen LogP contribution in [0.4, 0.5) is 0 Å². The smallest absolute Gasteiger partial charge is 0.0638 e. The summed E-state index contributed by atoms with van der Waals surface area (Å²) < 4.78 is 7.30. The second-order valence-corrected chi connectivity index (χ2v) is 9.34. The van der Waals surface area contributed by atoms with E-state index in [4.69, 9.17) is 4.74 Å². The summed E-state index contributed by atoms with van der Waals surface area (Å²) >= 11 is 2.71. The quantitative estimate of drug-likeness (QED) is 0.491. The third-order valence-corrected chi connectivity index (χ3v) is 7.36. The minimum Gasteiger partial charge on any atom is -0.374 e. The number of alkyl halides is 1. The summed E-state index contributed by atoms with van der Waals surface area (Å²) in [6.07, 6.45) is 6.70. The number of rotatable bonds is 2. The molecule has 19 heavy (non-hydrogen) atoms. The topological polar surface area (TPSA) is 9.23 Å². The van der Waals surface area contributed by atoms with Crippen molar-refractivity contribution in [1.29, 1.82) is 0 Å². The Kier molecular flexibility index (Phi) is 4.21. The van der Waals surface area contributed by atoms with Crippen molar-refractivity contribution in [3.8, 4) is 0 Å². The maximum atomic E-state index is 6.40. The summed E-state index contributed by atoms with van der Waals surface area (Å²) in [5.41, 5.74) is 0. The van der Waals surface area contributed by atoms with Crippen molar-refractivity contribution < 1.29 is 4.74 Å². The van der Waals surface area contributed by atoms with E-state index in [2.05, 4.69) is 50.3 Å². The predicted octanol–water partition coefficient (Wildman–Crippen LogP) is 4.92. The number of hydrogen-bond donors (Lipinski definition) is 0. The SMILES string of the molecule is CCC(C)C1OC(C)C2C3CC(C)CC(I)CC3C12. The molecule has 110 valence electrons. The van der Waals surface area contributed by atoms with E-state index in [9.17, 15) is 0 Å². The Labute approximate surface area is 132 Å². The zero-order valence-electron chi connectivity index (χ0n) is 12.8. The molecule has 1 nitrogen and oxygen atoms in total. The fourth-order valence-electron chi connectivity index (χ4n) is 5.35. The third-order valence-electron chi connectivity index (χ3n) is 6.34. The van der Waals surface area contributed by atoms with Gasteiger partial charge in [0.15, 0.2) is 0 Å². The molecule has 2 saturated carbocycles. The molecule has 2 heteroatoms. The lowest BCUT2D eigenvalue weighted by molar-refractivity contribution is -0.0330. The lowest BCUT2D eigenvalue weighted by Gasteiger charge is -2.51. The van der Waals surface area contributed by atoms with Crippen LogP contribution in [0.1, 0.15) is 53.4 Å². The first-order valence-corrected chi connectivity index (χ1v) is 9.57. The predicted molar refractivity (Wildman–Crippen MR) is 88.6 cm³/mol. The van der Waals surface area contributed by atoms with E-state index in [0.29, 0.717) is 12.2 Å². The fourth-order valence-corrected chi connectivity index (χ4v) is 6.80. The molecule has 0 radical (unpaired) electrons. The van der Waals surface area contributed by atoms with Crippen molar-refractivity contribution in [2.75, 3.05) is 0 Å². The summed E-state index contributed by atoms with van der Waals surface area (Å²) in [4.78, 5) is 0. The van der Waals surface area contributed by atoms with Crippen LogP contribution in [0.5, 0.6) is 0 Å². The van der Waals surface area contributed by atoms with Crippen LogP contribution in [-0.2, 0) is 4.74 Å². The highest BCUT2D eigenvalue weighted by Crippen LogP contribution is 2.62. The van der Waals surface area contributed by atoms with E-state index < -0.39 is 0 Å². The molecular formula is C17H29IO. The van der Waals surface area contributed by atoms with Crippen LogP contribution in [0.15, 0.2) is 0 Å². The number of ether oxygens (including phenoxy) is 1. The van der Waals surface area contributed by atoms with Gasteiger partial charge in [-0.15, -0.1) is 0 Å². The lowest BCUT2D eigenvalue weighted by atomic mass is 9.52. The zero-order valence-corrected chi connectivity index (χ0v) is 15.0. The highest BCUT2D eigenvalue weighted by Gasteiger charge is 2.61. The van der Waals surface area contributed by atoms with Crippen LogP contribution >= 0.6 is 22.6 Å². The summed E-state index contributed by atoms with van der Waals surface area (Å²) in [7, 11) is 0. The van der Waals surface area contributed by atoms with Crippen LogP contribution < -0.4 is 0 Å². The minimum absolute atomic E-state index is 0.517. The molecule has 1 saturated heterocycles. The second kappa shape index (κ2) is 5.47. The average molecular weight is 376 g/mol. The Hall–Kier alpha value is 0.690. The molecule has 0 amide bonds. The maximum Gasteiger partial charge on any atom is 0.0638 e. The second-order valence-electron chi connectivity index (χ2n) is 7.58. The van der Waals surface area contributed by atoms with E-state index >= 15 is 0 Å². The van der Waals surface area contributed by atoms with Gasteiger partial charge in [0, 0.05) is 3.92 Å². The molecule has 3 rings (SSSR count). The summed E-state index contributed by atoms with van der Waals surface area (Å²) in [6.45, 7) is 9.52. The standard InChI is InChI=1S/C17H29IO/c1-5-10(3)17-16-14-8-12(18)6-9(2)7-13(14)15(16)11(4)19-17/h9-17H,5-8H2,1-4H3. The maximum absolute atomic E-state index is 6.40. The van der Waals surface area contributed by atoms with Gasteiger partial charge in [0.05, 0.1) is 12.2 Å². The van der Waals surface area contributed by atoms with E-state index in [1.54, 1.807) is 0 Å². The van der Waals surface area contributed by atoms with Gasteiger partial charge in [-0.2, -0.15) is 0 Å².